The molecule has 0 amide bonds. The summed E-state index contributed by atoms with van der Waals surface area (Å²) in [7, 11) is 0. The summed E-state index contributed by atoms with van der Waals surface area (Å²) in [6, 6.07) is 8.93. The molecule has 2 aliphatic rings. The van der Waals surface area contributed by atoms with Gasteiger partial charge in [-0.05, 0) is 49.9 Å². The van der Waals surface area contributed by atoms with Crippen LogP contribution in [0.1, 0.15) is 37.3 Å². The van der Waals surface area contributed by atoms with E-state index in [9.17, 15) is 0 Å². The van der Waals surface area contributed by atoms with Crippen LogP contribution in [0.25, 0.3) is 0 Å². The molecule has 2 heterocycles. The van der Waals surface area contributed by atoms with E-state index in [1.165, 1.54) is 30.4 Å². The van der Waals surface area contributed by atoms with Crippen LogP contribution in [0.15, 0.2) is 24.3 Å². The third-order valence-corrected chi connectivity index (χ3v) is 4.63. The average Bonchev–Trinajstić information content (AvgIpc) is 2.84. The second kappa shape index (κ2) is 7.39. The van der Waals surface area contributed by atoms with Gasteiger partial charge in [0.15, 0.2) is 0 Å². The van der Waals surface area contributed by atoms with Gasteiger partial charge < -0.3 is 10.1 Å². The molecule has 21 heavy (non-hydrogen) atoms. The molecule has 0 aliphatic carbocycles. The molecule has 2 fully saturated rings. The highest BCUT2D eigenvalue weighted by Crippen LogP contribution is 2.27. The van der Waals surface area contributed by atoms with Gasteiger partial charge in [-0.3, -0.25) is 4.90 Å². The smallest absolute Gasteiger partial charge is 0.0707 e. The molecule has 116 valence electrons. The van der Waals surface area contributed by atoms with E-state index in [0.717, 1.165) is 39.1 Å². The van der Waals surface area contributed by atoms with E-state index >= 15 is 0 Å². The van der Waals surface area contributed by atoms with Gasteiger partial charge in [0.05, 0.1) is 12.2 Å². The monoisotopic (exact) mass is 288 g/mol. The van der Waals surface area contributed by atoms with Crippen molar-refractivity contribution in [2.75, 3.05) is 26.2 Å². The van der Waals surface area contributed by atoms with Crippen LogP contribution >= 0.6 is 0 Å². The Kier molecular flexibility index (Phi) is 5.28. The van der Waals surface area contributed by atoms with E-state index < -0.39 is 0 Å². The molecule has 1 aromatic carbocycles. The van der Waals surface area contributed by atoms with Gasteiger partial charge in [-0.2, -0.15) is 0 Å². The molecule has 3 rings (SSSR count). The topological polar surface area (TPSA) is 24.5 Å². The minimum absolute atomic E-state index is 0.488. The van der Waals surface area contributed by atoms with Crippen molar-refractivity contribution in [1.82, 2.24) is 10.2 Å². The second-order valence-electron chi connectivity index (χ2n) is 6.42. The van der Waals surface area contributed by atoms with Gasteiger partial charge in [-0.15, -0.1) is 0 Å². The zero-order valence-corrected chi connectivity index (χ0v) is 13.2. The van der Waals surface area contributed by atoms with E-state index in [0.29, 0.717) is 12.2 Å². The van der Waals surface area contributed by atoms with Gasteiger partial charge in [-0.1, -0.05) is 31.2 Å². The number of ether oxygens (including phenoxy) is 1. The normalized spacial score (nSPS) is 25.4. The molecule has 1 aromatic rings. The summed E-state index contributed by atoms with van der Waals surface area (Å²) >= 11 is 0. The Balaban J connectivity index is 1.57. The van der Waals surface area contributed by atoms with E-state index in [1.54, 1.807) is 0 Å². The fraction of sp³-hybridized carbons (Fsp3) is 0.667. The summed E-state index contributed by atoms with van der Waals surface area (Å²) in [5.74, 6) is 0. The molecule has 2 atom stereocenters. The third kappa shape index (κ3) is 4.06. The van der Waals surface area contributed by atoms with Crippen molar-refractivity contribution in [1.29, 1.82) is 0 Å². The van der Waals surface area contributed by atoms with Crippen LogP contribution in [0.4, 0.5) is 0 Å². The highest BCUT2D eigenvalue weighted by atomic mass is 16.5. The maximum atomic E-state index is 5.94. The molecule has 0 saturated carbocycles. The van der Waals surface area contributed by atoms with Crippen molar-refractivity contribution in [3.63, 3.8) is 0 Å². The average molecular weight is 288 g/mol. The van der Waals surface area contributed by atoms with Crippen molar-refractivity contribution in [2.45, 2.75) is 51.4 Å². The first-order chi connectivity index (χ1) is 10.3. The minimum Gasteiger partial charge on any atom is -0.372 e. The van der Waals surface area contributed by atoms with Gasteiger partial charge in [-0.25, -0.2) is 0 Å². The molecule has 2 bridgehead atoms. The van der Waals surface area contributed by atoms with Crippen molar-refractivity contribution in [2.24, 2.45) is 0 Å². The summed E-state index contributed by atoms with van der Waals surface area (Å²) in [4.78, 5) is 2.59. The van der Waals surface area contributed by atoms with E-state index in [2.05, 4.69) is 41.4 Å². The Morgan fingerprint density at radius 2 is 1.81 bits per heavy atom. The first-order valence-electron chi connectivity index (χ1n) is 8.50. The molecule has 0 spiro atoms. The third-order valence-electron chi connectivity index (χ3n) is 4.63. The zero-order valence-electron chi connectivity index (χ0n) is 13.2. The summed E-state index contributed by atoms with van der Waals surface area (Å²) in [6.07, 6.45) is 5.82. The van der Waals surface area contributed by atoms with Gasteiger partial charge in [0, 0.05) is 19.6 Å². The van der Waals surface area contributed by atoms with Crippen LogP contribution in [0, 0.1) is 0 Å². The summed E-state index contributed by atoms with van der Waals surface area (Å²) in [5.41, 5.74) is 3.00. The number of likely N-dealkylation sites (tertiary alicyclic amines) is 1. The van der Waals surface area contributed by atoms with Crippen molar-refractivity contribution < 1.29 is 4.74 Å². The fourth-order valence-corrected chi connectivity index (χ4v) is 3.55. The lowest BCUT2D eigenvalue weighted by molar-refractivity contribution is -0.0411. The summed E-state index contributed by atoms with van der Waals surface area (Å²) in [6.45, 7) is 7.72. The molecule has 2 saturated heterocycles. The van der Waals surface area contributed by atoms with Crippen LogP contribution in [-0.4, -0.2) is 43.3 Å². The Morgan fingerprint density at radius 1 is 1.10 bits per heavy atom. The second-order valence-corrected chi connectivity index (χ2v) is 6.42. The molecule has 0 radical (unpaired) electrons. The van der Waals surface area contributed by atoms with Crippen molar-refractivity contribution in [3.05, 3.63) is 35.4 Å². The quantitative estimate of drug-likeness (QED) is 0.781. The Morgan fingerprint density at radius 3 is 2.52 bits per heavy atom. The molecular formula is C18H28N2O. The molecule has 2 unspecified atom stereocenters. The van der Waals surface area contributed by atoms with Gasteiger partial charge in [0.2, 0.25) is 0 Å². The van der Waals surface area contributed by atoms with Crippen LogP contribution in [0.5, 0.6) is 0 Å². The molecule has 3 nitrogen and oxygen atoms in total. The maximum Gasteiger partial charge on any atom is 0.0707 e. The predicted molar refractivity (Wildman–Crippen MR) is 86.5 cm³/mol. The number of morpholine rings is 1. The SMILES string of the molecule is CCCNCCc1ccccc1CN1CC2CCC(C1)O2. The Bertz CT molecular complexity index is 437. The first-order valence-corrected chi connectivity index (χ1v) is 8.50. The standard InChI is InChI=1S/C18H28N2O/c1-2-10-19-11-9-15-5-3-4-6-16(15)12-20-13-17-7-8-18(14-20)21-17/h3-6,17-19H,2,7-14H2,1H3. The number of nitrogens with zero attached hydrogens (tertiary/aromatic N) is 1. The van der Waals surface area contributed by atoms with Crippen LogP contribution in [0.3, 0.4) is 0 Å². The summed E-state index contributed by atoms with van der Waals surface area (Å²) < 4.78 is 5.94. The van der Waals surface area contributed by atoms with Gasteiger partial charge in [0.1, 0.15) is 0 Å². The van der Waals surface area contributed by atoms with E-state index in [4.69, 9.17) is 4.74 Å². The largest absolute Gasteiger partial charge is 0.372 e. The number of hydrogen-bond donors (Lipinski definition) is 1. The number of hydrogen-bond acceptors (Lipinski definition) is 3. The highest BCUT2D eigenvalue weighted by Gasteiger charge is 2.33. The molecule has 0 aromatic heterocycles. The molecule has 3 heteroatoms. The molecule has 1 N–H and O–H groups in total. The summed E-state index contributed by atoms with van der Waals surface area (Å²) in [5, 5.41) is 3.50. The van der Waals surface area contributed by atoms with E-state index in [1.807, 2.05) is 0 Å². The maximum absolute atomic E-state index is 5.94. The lowest BCUT2D eigenvalue weighted by Crippen LogP contribution is -2.42. The van der Waals surface area contributed by atoms with Crippen LogP contribution in [-0.2, 0) is 17.7 Å². The number of rotatable bonds is 7. The zero-order chi connectivity index (χ0) is 14.5. The van der Waals surface area contributed by atoms with Crippen LogP contribution in [0.2, 0.25) is 0 Å². The predicted octanol–water partition coefficient (Wildman–Crippen LogP) is 2.59. The Labute approximate surface area is 128 Å². The van der Waals surface area contributed by atoms with Gasteiger partial charge >= 0.3 is 0 Å². The first kappa shape index (κ1) is 15.0. The lowest BCUT2D eigenvalue weighted by atomic mass is 10.0. The number of nitrogens with one attached hydrogen (secondary N) is 1. The Hall–Kier alpha value is -0.900. The number of fused-ring (bicyclic) bond motifs is 2. The number of benzene rings is 1. The lowest BCUT2D eigenvalue weighted by Gasteiger charge is -2.32. The molecule has 2 aliphatic heterocycles. The van der Waals surface area contributed by atoms with Crippen molar-refractivity contribution in [3.8, 4) is 0 Å². The highest BCUT2D eigenvalue weighted by molar-refractivity contribution is 5.27. The molecular weight excluding hydrogens is 260 g/mol. The van der Waals surface area contributed by atoms with Gasteiger partial charge in [0.25, 0.3) is 0 Å². The minimum atomic E-state index is 0.488. The fourth-order valence-electron chi connectivity index (χ4n) is 3.55. The van der Waals surface area contributed by atoms with Crippen molar-refractivity contribution >= 4 is 0 Å². The van der Waals surface area contributed by atoms with E-state index in [-0.39, 0.29) is 0 Å². The van der Waals surface area contributed by atoms with Crippen LogP contribution < -0.4 is 5.32 Å².